The Morgan fingerprint density at radius 2 is 1.12 bits per heavy atom. The maximum absolute atomic E-state index is 15.3. The van der Waals surface area contributed by atoms with Gasteiger partial charge in [-0.1, -0.05) is 88.4 Å². The Kier molecular flexibility index (Phi) is 11.6. The minimum Gasteiger partial charge on any atom is -0.465 e. The zero-order valence-electron chi connectivity index (χ0n) is 36.8. The van der Waals surface area contributed by atoms with Gasteiger partial charge in [0.1, 0.15) is 11.1 Å². The van der Waals surface area contributed by atoms with Crippen molar-refractivity contribution in [3.8, 4) is 0 Å². The largest absolute Gasteiger partial charge is 0.465 e. The summed E-state index contributed by atoms with van der Waals surface area (Å²) in [5.74, 6) is -4.66. The number of nitrogens with one attached hydrogen (secondary N) is 2. The first-order chi connectivity index (χ1) is 30.4. The van der Waals surface area contributed by atoms with Gasteiger partial charge in [-0.2, -0.15) is 0 Å². The van der Waals surface area contributed by atoms with Crippen LogP contribution in [0.1, 0.15) is 93.5 Å². The standard InChI is InChI=1S/C48H59N7O9/c1-45(2)35(39(49)56)24-28-12-16-32(17-13-28)47(45,41(58)51-43(60)61)53-21-6-10-37(53)55(34-9-5-8-30(26-34)31-20-23-64-27-31)38-11-7-22-54(38)48(42(59)52-44(62)63)33-18-14-29(15-19-33)25-36(40(50)57)46(48,3)4/h5,8-9,12-19,26,31,35-38H,6-7,10-11,20-25,27H2,1-4H3,(H2,49,56)(H2,50,57)(H,51,58)(H,52,59)(H,60,61)(H,62,63)/t31-,35?,36?,37?,38?,47+,48+/m1/s1. The van der Waals surface area contributed by atoms with Gasteiger partial charge in [0, 0.05) is 54.0 Å². The molecule has 4 bridgehead atoms. The van der Waals surface area contributed by atoms with Crippen LogP contribution < -0.4 is 27.0 Å². The number of carboxylic acid groups (broad SMARTS) is 2. The van der Waals surface area contributed by atoms with Crippen molar-refractivity contribution in [2.75, 3.05) is 31.2 Å². The number of ether oxygens (including phenoxy) is 1. The van der Waals surface area contributed by atoms with E-state index in [9.17, 15) is 29.4 Å². The molecule has 0 radical (unpaired) electrons. The highest BCUT2D eigenvalue weighted by Crippen LogP contribution is 2.58. The Morgan fingerprint density at radius 1 is 0.672 bits per heavy atom. The molecule has 3 aliphatic heterocycles. The van der Waals surface area contributed by atoms with Gasteiger partial charge in [-0.05, 0) is 84.9 Å². The molecule has 340 valence electrons. The molecule has 0 aromatic heterocycles. The number of primary amides is 2. The molecule has 6 amide bonds. The number of hydrogen-bond donors (Lipinski definition) is 6. The molecule has 3 fully saturated rings. The summed E-state index contributed by atoms with van der Waals surface area (Å²) in [6, 6.07) is 22.8. The number of amides is 6. The summed E-state index contributed by atoms with van der Waals surface area (Å²) in [5, 5.41) is 24.9. The van der Waals surface area contributed by atoms with E-state index in [0.717, 1.165) is 28.8 Å². The third-order valence-corrected chi connectivity index (χ3v) is 15.5. The molecule has 0 spiro atoms. The molecule has 7 atom stereocenters. The quantitative estimate of drug-likeness (QED) is 0.164. The summed E-state index contributed by atoms with van der Waals surface area (Å²) in [7, 11) is 0. The van der Waals surface area contributed by atoms with E-state index in [4.69, 9.17) is 16.2 Å². The van der Waals surface area contributed by atoms with Gasteiger partial charge in [0.05, 0.1) is 18.9 Å². The first-order valence-electron chi connectivity index (χ1n) is 22.2. The molecule has 7 aliphatic rings. The average molecular weight is 878 g/mol. The minimum atomic E-state index is -1.81. The number of anilines is 1. The molecule has 16 heteroatoms. The lowest BCUT2D eigenvalue weighted by atomic mass is 9.57. The molecule has 3 heterocycles. The van der Waals surface area contributed by atoms with Crippen LogP contribution in [0.5, 0.6) is 0 Å². The number of carbonyl (C=O) groups is 6. The van der Waals surface area contributed by atoms with Crippen LogP contribution in [-0.4, -0.2) is 94.5 Å². The Bertz CT molecular complexity index is 2210. The van der Waals surface area contributed by atoms with E-state index in [0.29, 0.717) is 63.1 Å². The van der Waals surface area contributed by atoms with Gasteiger partial charge in [-0.15, -0.1) is 0 Å². The van der Waals surface area contributed by atoms with Gasteiger partial charge in [0.2, 0.25) is 11.8 Å². The molecule has 10 rings (SSSR count). The molecule has 0 saturated carbocycles. The van der Waals surface area contributed by atoms with E-state index in [-0.39, 0.29) is 18.8 Å². The van der Waals surface area contributed by atoms with Crippen LogP contribution in [0.3, 0.4) is 0 Å². The van der Waals surface area contributed by atoms with E-state index >= 15 is 9.59 Å². The third kappa shape index (κ3) is 6.92. The molecule has 3 saturated heterocycles. The van der Waals surface area contributed by atoms with Crippen LogP contribution in [0.2, 0.25) is 0 Å². The van der Waals surface area contributed by atoms with Crippen molar-refractivity contribution in [3.05, 3.63) is 101 Å². The van der Waals surface area contributed by atoms with E-state index in [1.54, 1.807) is 27.7 Å². The SMILES string of the molecule is CC1(C)C(C(N)=O)Cc2ccc(cc2)[C@@]1(C(=O)NC(=O)O)N1CCCC1N(c1cccc([C@@H]2CCOC2)c1)C1CCCN1[C@]1(C(=O)NC(=O)O)c2ccc(cc2)CC(C(N)=O)C1(C)C. The fraction of sp³-hybridized carbons (Fsp3) is 0.500. The molecular weight excluding hydrogens is 819 g/mol. The summed E-state index contributed by atoms with van der Waals surface area (Å²) in [5.41, 5.74) is 10.6. The van der Waals surface area contributed by atoms with Crippen LogP contribution >= 0.6 is 0 Å². The highest BCUT2D eigenvalue weighted by Gasteiger charge is 2.67. The Labute approximate surface area is 372 Å². The molecule has 16 nitrogen and oxygen atoms in total. The van der Waals surface area contributed by atoms with Gasteiger partial charge in [-0.25, -0.2) is 9.59 Å². The van der Waals surface area contributed by atoms with Crippen molar-refractivity contribution in [2.24, 2.45) is 34.1 Å². The second-order valence-electron chi connectivity index (χ2n) is 19.3. The zero-order valence-corrected chi connectivity index (χ0v) is 36.8. The smallest absolute Gasteiger partial charge is 0.411 e. The lowest BCUT2D eigenvalue weighted by Gasteiger charge is -2.60. The van der Waals surface area contributed by atoms with E-state index < -0.39 is 81.9 Å². The van der Waals surface area contributed by atoms with E-state index in [1.807, 2.05) is 70.5 Å². The summed E-state index contributed by atoms with van der Waals surface area (Å²) in [4.78, 5) is 89.4. The Balaban J connectivity index is 1.40. The van der Waals surface area contributed by atoms with Crippen LogP contribution in [0.15, 0.2) is 72.8 Å². The van der Waals surface area contributed by atoms with Gasteiger partial charge >= 0.3 is 12.2 Å². The molecule has 3 aromatic carbocycles. The maximum atomic E-state index is 15.3. The monoisotopic (exact) mass is 877 g/mol. The first-order valence-corrected chi connectivity index (χ1v) is 22.2. The van der Waals surface area contributed by atoms with Crippen LogP contribution in [0, 0.1) is 22.7 Å². The predicted molar refractivity (Wildman–Crippen MR) is 235 cm³/mol. The second kappa shape index (κ2) is 16.6. The summed E-state index contributed by atoms with van der Waals surface area (Å²) in [6.45, 7) is 8.96. The maximum Gasteiger partial charge on any atom is 0.411 e. The molecular formula is C48H59N7O9. The minimum absolute atomic E-state index is 0.0975. The second-order valence-corrected chi connectivity index (χ2v) is 19.3. The van der Waals surface area contributed by atoms with Crippen LogP contribution in [0.4, 0.5) is 15.3 Å². The van der Waals surface area contributed by atoms with E-state index in [2.05, 4.69) is 27.7 Å². The highest BCUT2D eigenvalue weighted by atomic mass is 16.5. The molecule has 8 N–H and O–H groups in total. The average Bonchev–Trinajstić information content (AvgIpc) is 4.04. The molecule has 3 aromatic rings. The number of likely N-dealkylation sites (tertiary alicyclic amines) is 2. The number of benzene rings is 3. The number of nitrogens with two attached hydrogens (primary N) is 2. The Hall–Kier alpha value is -5.84. The normalized spacial score (nSPS) is 29.5. The van der Waals surface area contributed by atoms with Crippen molar-refractivity contribution in [1.82, 2.24) is 20.4 Å². The number of nitrogens with zero attached hydrogens (tertiary/aromatic N) is 3. The predicted octanol–water partition coefficient (Wildman–Crippen LogP) is 4.59. The Morgan fingerprint density at radius 3 is 1.52 bits per heavy atom. The fourth-order valence-electron chi connectivity index (χ4n) is 12.6. The molecule has 4 aliphatic carbocycles. The molecule has 64 heavy (non-hydrogen) atoms. The van der Waals surface area contributed by atoms with Crippen molar-refractivity contribution >= 4 is 41.5 Å². The lowest BCUT2D eigenvalue weighted by molar-refractivity contribution is -0.156. The fourth-order valence-corrected chi connectivity index (χ4v) is 12.6. The van der Waals surface area contributed by atoms with Crippen molar-refractivity contribution in [3.63, 3.8) is 0 Å². The lowest BCUT2D eigenvalue weighted by Crippen LogP contribution is -2.73. The molecule has 4 unspecified atom stereocenters. The summed E-state index contributed by atoms with van der Waals surface area (Å²) < 4.78 is 5.83. The van der Waals surface area contributed by atoms with Crippen molar-refractivity contribution < 1.29 is 43.7 Å². The van der Waals surface area contributed by atoms with Crippen LogP contribution in [0.25, 0.3) is 0 Å². The number of rotatable bonds is 10. The first kappa shape index (κ1) is 44.8. The van der Waals surface area contributed by atoms with Crippen molar-refractivity contribution in [2.45, 2.75) is 102 Å². The third-order valence-electron chi connectivity index (χ3n) is 15.5. The summed E-state index contributed by atoms with van der Waals surface area (Å²) >= 11 is 0. The van der Waals surface area contributed by atoms with E-state index in [1.165, 1.54) is 0 Å². The number of carbonyl (C=O) groups excluding carboxylic acids is 4. The zero-order chi connectivity index (χ0) is 45.9. The summed E-state index contributed by atoms with van der Waals surface area (Å²) in [6.07, 6.45) is -1.21. The van der Waals surface area contributed by atoms with Gasteiger partial charge in [-0.3, -0.25) is 39.6 Å². The highest BCUT2D eigenvalue weighted by molar-refractivity contribution is 6.00. The van der Waals surface area contributed by atoms with Gasteiger partial charge < -0.3 is 31.3 Å². The van der Waals surface area contributed by atoms with Crippen LogP contribution in [-0.2, 0) is 47.8 Å². The van der Waals surface area contributed by atoms with Gasteiger partial charge in [0.25, 0.3) is 11.8 Å². The number of fused-ring (bicyclic) bond motifs is 10. The van der Waals surface area contributed by atoms with Gasteiger partial charge in [0.15, 0.2) is 0 Å². The topological polar surface area (TPSA) is 238 Å². The number of hydrogen-bond acceptors (Lipinski definition) is 10. The number of imide groups is 2. The van der Waals surface area contributed by atoms with Crippen molar-refractivity contribution in [1.29, 1.82) is 0 Å².